The summed E-state index contributed by atoms with van der Waals surface area (Å²) in [5.41, 5.74) is 0. The summed E-state index contributed by atoms with van der Waals surface area (Å²) in [6.07, 6.45) is 28.1. The van der Waals surface area contributed by atoms with Gasteiger partial charge in [0.25, 0.3) is 7.82 Å². The molecular formula is C40H80NO8P. The molecule has 50 heavy (non-hydrogen) atoms. The zero-order valence-electron chi connectivity index (χ0n) is 33.3. The molecule has 0 saturated carbocycles. The van der Waals surface area contributed by atoms with Crippen molar-refractivity contribution < 1.29 is 42.4 Å². The number of hydrogen-bond acceptors (Lipinski definition) is 8. The van der Waals surface area contributed by atoms with E-state index in [0.29, 0.717) is 23.9 Å². The third kappa shape index (κ3) is 33.0. The van der Waals surface area contributed by atoms with Crippen molar-refractivity contribution in [1.29, 1.82) is 0 Å². The molecule has 0 aromatic carbocycles. The van der Waals surface area contributed by atoms with Crippen LogP contribution in [-0.4, -0.2) is 74.5 Å². The Hall–Kier alpha value is -0.830. The topological polar surface area (TPSA) is 122 Å². The summed E-state index contributed by atoms with van der Waals surface area (Å²) in [6, 6.07) is 0. The van der Waals surface area contributed by atoms with Gasteiger partial charge in [0.1, 0.15) is 19.3 Å². The van der Waals surface area contributed by atoms with Crippen molar-refractivity contribution in [2.75, 3.05) is 40.9 Å². The molecule has 0 aliphatic heterocycles. The van der Waals surface area contributed by atoms with Gasteiger partial charge in [-0.15, -0.1) is 0 Å². The number of quaternary nitrogens is 1. The summed E-state index contributed by atoms with van der Waals surface area (Å²) in [5.74, 6) is -0.963. The molecule has 0 aliphatic rings. The van der Waals surface area contributed by atoms with E-state index in [0.717, 1.165) is 38.5 Å². The van der Waals surface area contributed by atoms with E-state index in [1.165, 1.54) is 116 Å². The van der Waals surface area contributed by atoms with Crippen molar-refractivity contribution >= 4 is 19.6 Å². The third-order valence-corrected chi connectivity index (χ3v) is 10.3. The number of likely N-dealkylation sites (N-methyl/N-ethyl adjacent to an activating group) is 1. The van der Waals surface area contributed by atoms with Gasteiger partial charge in [0.15, 0.2) is 11.9 Å². The van der Waals surface area contributed by atoms with Gasteiger partial charge in [0.05, 0.1) is 27.7 Å². The van der Waals surface area contributed by atoms with Gasteiger partial charge in [0, 0.05) is 12.8 Å². The molecule has 0 radical (unpaired) electrons. The standard InChI is InChI=1S/C40H80NO8P/c1-6-8-10-12-14-16-18-20-22-24-26-28-30-32-37(42)40(38(43)36-48-50(45,46)47-35-34-41(3,4)5)49-39(44)33-31-29-27-25-23-21-19-17-15-13-11-9-7-2/h38,40,43H,6-36H2,1-5H3. The highest BCUT2D eigenvalue weighted by molar-refractivity contribution is 7.45. The quantitative estimate of drug-likeness (QED) is 0.0288. The Labute approximate surface area is 308 Å². The first-order valence-electron chi connectivity index (χ1n) is 20.7. The second-order valence-corrected chi connectivity index (χ2v) is 16.9. The Morgan fingerprint density at radius 2 is 0.960 bits per heavy atom. The van der Waals surface area contributed by atoms with E-state index in [4.69, 9.17) is 13.8 Å². The molecule has 0 fully saturated rings. The normalized spacial score (nSPS) is 14.4. The van der Waals surface area contributed by atoms with E-state index in [9.17, 15) is 24.2 Å². The number of hydrogen-bond donors (Lipinski definition) is 1. The van der Waals surface area contributed by atoms with Gasteiger partial charge in [-0.05, 0) is 12.8 Å². The van der Waals surface area contributed by atoms with Crippen molar-refractivity contribution in [2.45, 2.75) is 206 Å². The molecule has 3 atom stereocenters. The summed E-state index contributed by atoms with van der Waals surface area (Å²) in [5, 5.41) is 10.8. The fourth-order valence-corrected chi connectivity index (χ4v) is 6.74. The largest absolute Gasteiger partial charge is 0.756 e. The van der Waals surface area contributed by atoms with Crippen LogP contribution in [0.15, 0.2) is 0 Å². The van der Waals surface area contributed by atoms with Crippen molar-refractivity contribution in [3.63, 3.8) is 0 Å². The number of ether oxygens (including phenoxy) is 1. The molecule has 10 heteroatoms. The minimum atomic E-state index is -4.70. The smallest absolute Gasteiger partial charge is 0.306 e. The van der Waals surface area contributed by atoms with Crippen LogP contribution in [0.5, 0.6) is 0 Å². The van der Waals surface area contributed by atoms with Gasteiger partial charge in [-0.25, -0.2) is 0 Å². The van der Waals surface area contributed by atoms with Crippen LogP contribution in [0.25, 0.3) is 0 Å². The number of ketones is 1. The predicted molar refractivity (Wildman–Crippen MR) is 204 cm³/mol. The molecule has 9 nitrogen and oxygen atoms in total. The van der Waals surface area contributed by atoms with Gasteiger partial charge < -0.3 is 28.3 Å². The summed E-state index contributed by atoms with van der Waals surface area (Å²) in [6.45, 7) is 4.13. The number of unbranched alkanes of at least 4 members (excludes halogenated alkanes) is 24. The zero-order valence-corrected chi connectivity index (χ0v) is 34.2. The average Bonchev–Trinajstić information content (AvgIpc) is 3.06. The number of carbonyl (C=O) groups excluding carboxylic acids is 2. The van der Waals surface area contributed by atoms with E-state index >= 15 is 0 Å². The van der Waals surface area contributed by atoms with Crippen LogP contribution in [-0.2, 0) is 27.9 Å². The predicted octanol–water partition coefficient (Wildman–Crippen LogP) is 10.00. The molecule has 3 unspecified atom stereocenters. The van der Waals surface area contributed by atoms with E-state index in [1.807, 2.05) is 21.1 Å². The number of phosphoric acid groups is 1. The van der Waals surface area contributed by atoms with Crippen molar-refractivity contribution in [3.8, 4) is 0 Å². The summed E-state index contributed by atoms with van der Waals surface area (Å²) >= 11 is 0. The number of Topliss-reactive ketones (excluding diaryl/α,β-unsaturated/α-hetero) is 1. The Bertz CT molecular complexity index is 850. The van der Waals surface area contributed by atoms with Crippen LogP contribution in [0.1, 0.15) is 194 Å². The minimum Gasteiger partial charge on any atom is -0.756 e. The minimum absolute atomic E-state index is 0.0735. The maximum atomic E-state index is 13.1. The lowest BCUT2D eigenvalue weighted by atomic mass is 10.0. The van der Waals surface area contributed by atoms with Gasteiger partial charge in [-0.1, -0.05) is 168 Å². The number of aliphatic hydroxyl groups is 1. The number of phosphoric ester groups is 1. The SMILES string of the molecule is CCCCCCCCCCCCCCCC(=O)OC(C(=O)CCCCCCCCCCCCCCC)C(O)COP(=O)([O-])OCC[N+](C)(C)C. The second kappa shape index (κ2) is 32.8. The van der Waals surface area contributed by atoms with Crippen LogP contribution >= 0.6 is 7.82 Å². The van der Waals surface area contributed by atoms with Crippen LogP contribution in [0.2, 0.25) is 0 Å². The molecule has 0 aliphatic carbocycles. The fourth-order valence-electron chi connectivity index (χ4n) is 6.02. The van der Waals surface area contributed by atoms with E-state index in [-0.39, 0.29) is 19.4 Å². The lowest BCUT2D eigenvalue weighted by Gasteiger charge is -2.29. The lowest BCUT2D eigenvalue weighted by molar-refractivity contribution is -0.870. The summed E-state index contributed by atoms with van der Waals surface area (Å²) < 4.78 is 28.1. The first kappa shape index (κ1) is 49.2. The number of esters is 1. The highest BCUT2D eigenvalue weighted by atomic mass is 31.2. The molecule has 0 amide bonds. The maximum absolute atomic E-state index is 13.1. The van der Waals surface area contributed by atoms with E-state index < -0.39 is 38.4 Å². The number of nitrogens with zero attached hydrogens (tertiary/aromatic N) is 1. The zero-order chi connectivity index (χ0) is 37.4. The lowest BCUT2D eigenvalue weighted by Crippen LogP contribution is -2.41. The van der Waals surface area contributed by atoms with Crippen molar-refractivity contribution in [3.05, 3.63) is 0 Å². The molecule has 0 bridgehead atoms. The van der Waals surface area contributed by atoms with Gasteiger partial charge in [-0.3, -0.25) is 14.2 Å². The Morgan fingerprint density at radius 1 is 0.600 bits per heavy atom. The Kier molecular flexibility index (Phi) is 32.2. The molecule has 0 aromatic rings. The van der Waals surface area contributed by atoms with Gasteiger partial charge >= 0.3 is 5.97 Å². The second-order valence-electron chi connectivity index (χ2n) is 15.5. The monoisotopic (exact) mass is 734 g/mol. The first-order chi connectivity index (χ1) is 23.9. The molecule has 0 rings (SSSR count). The third-order valence-electron chi connectivity index (χ3n) is 9.35. The first-order valence-corrected chi connectivity index (χ1v) is 22.2. The molecule has 0 spiro atoms. The van der Waals surface area contributed by atoms with Crippen LogP contribution in [0, 0.1) is 0 Å². The molecular weight excluding hydrogens is 653 g/mol. The molecule has 0 aromatic heterocycles. The number of carbonyl (C=O) groups is 2. The molecule has 298 valence electrons. The fraction of sp³-hybridized carbons (Fsp3) is 0.950. The molecule has 0 heterocycles. The molecule has 0 saturated heterocycles. The average molecular weight is 734 g/mol. The summed E-state index contributed by atoms with van der Waals surface area (Å²) in [4.78, 5) is 38.1. The number of rotatable bonds is 38. The van der Waals surface area contributed by atoms with Crippen molar-refractivity contribution in [1.82, 2.24) is 0 Å². The van der Waals surface area contributed by atoms with Crippen LogP contribution in [0.4, 0.5) is 0 Å². The highest BCUT2D eigenvalue weighted by Gasteiger charge is 2.31. The summed E-state index contributed by atoms with van der Waals surface area (Å²) in [7, 11) is 1.02. The Balaban J connectivity index is 4.57. The molecule has 1 N–H and O–H groups in total. The van der Waals surface area contributed by atoms with Gasteiger partial charge in [0.2, 0.25) is 0 Å². The Morgan fingerprint density at radius 3 is 1.34 bits per heavy atom. The van der Waals surface area contributed by atoms with Crippen LogP contribution < -0.4 is 4.89 Å². The van der Waals surface area contributed by atoms with Gasteiger partial charge in [-0.2, -0.15) is 0 Å². The van der Waals surface area contributed by atoms with Crippen LogP contribution in [0.3, 0.4) is 0 Å². The highest BCUT2D eigenvalue weighted by Crippen LogP contribution is 2.38. The van der Waals surface area contributed by atoms with E-state index in [2.05, 4.69) is 13.8 Å². The van der Waals surface area contributed by atoms with E-state index in [1.54, 1.807) is 0 Å². The van der Waals surface area contributed by atoms with Crippen molar-refractivity contribution in [2.24, 2.45) is 0 Å². The number of aliphatic hydroxyl groups excluding tert-OH is 1. The maximum Gasteiger partial charge on any atom is 0.306 e.